The summed E-state index contributed by atoms with van der Waals surface area (Å²) in [6.07, 6.45) is 5.97. The molecule has 2 atom stereocenters. The van der Waals surface area contributed by atoms with Crippen LogP contribution in [0.15, 0.2) is 71.1 Å². The zero-order chi connectivity index (χ0) is 19.2. The van der Waals surface area contributed by atoms with E-state index < -0.39 is 0 Å². The summed E-state index contributed by atoms with van der Waals surface area (Å²) in [5, 5.41) is 2.03. The number of hydrogen-bond donors (Lipinski definition) is 0. The largest absolute Gasteiger partial charge is 0.438 e. The quantitative estimate of drug-likeness (QED) is 0.501. The fourth-order valence-electron chi connectivity index (χ4n) is 3.32. The number of nitrogens with zero attached hydrogens (tertiary/aromatic N) is 1. The standard InChI is InChI=1S/C23H27NO2S/c1-17(2)9-7-10-18(3)14-15-24-21(19-11-5-4-6-12-19)22(26-23(24)25)20-13-8-16-27-20/h4-6,8-9,11-14,16,21-22H,7,10,15H2,1-3H3/b18-14+/t21-,22-/m0/s1. The van der Waals surface area contributed by atoms with Crippen LogP contribution in [-0.4, -0.2) is 17.5 Å². The molecular weight excluding hydrogens is 354 g/mol. The third-order valence-electron chi connectivity index (χ3n) is 4.78. The summed E-state index contributed by atoms with van der Waals surface area (Å²) < 4.78 is 5.79. The van der Waals surface area contributed by atoms with Gasteiger partial charge in [0.05, 0.1) is 0 Å². The van der Waals surface area contributed by atoms with Gasteiger partial charge in [-0.1, -0.05) is 59.7 Å². The Bertz CT molecular complexity index is 804. The van der Waals surface area contributed by atoms with Crippen molar-refractivity contribution in [3.8, 4) is 0 Å². The molecule has 27 heavy (non-hydrogen) atoms. The lowest BCUT2D eigenvalue weighted by atomic mass is 9.99. The van der Waals surface area contributed by atoms with Crippen LogP contribution in [0.3, 0.4) is 0 Å². The van der Waals surface area contributed by atoms with Gasteiger partial charge < -0.3 is 4.74 Å². The van der Waals surface area contributed by atoms with E-state index >= 15 is 0 Å². The van der Waals surface area contributed by atoms with Crippen LogP contribution in [0.5, 0.6) is 0 Å². The van der Waals surface area contributed by atoms with Crippen molar-refractivity contribution in [2.24, 2.45) is 0 Å². The number of allylic oxidation sites excluding steroid dienone is 3. The second-order valence-corrected chi connectivity index (χ2v) is 8.18. The highest BCUT2D eigenvalue weighted by molar-refractivity contribution is 7.10. The molecule has 3 rings (SSSR count). The van der Waals surface area contributed by atoms with Crippen molar-refractivity contribution >= 4 is 17.4 Å². The van der Waals surface area contributed by atoms with Gasteiger partial charge in [0, 0.05) is 11.4 Å². The van der Waals surface area contributed by atoms with E-state index in [2.05, 4.69) is 45.1 Å². The molecule has 0 radical (unpaired) electrons. The predicted octanol–water partition coefficient (Wildman–Crippen LogP) is 6.68. The van der Waals surface area contributed by atoms with Crippen molar-refractivity contribution in [1.82, 2.24) is 4.90 Å². The van der Waals surface area contributed by atoms with Crippen LogP contribution in [0.2, 0.25) is 0 Å². The number of hydrogen-bond acceptors (Lipinski definition) is 3. The molecule has 0 saturated carbocycles. The summed E-state index contributed by atoms with van der Waals surface area (Å²) in [5.41, 5.74) is 3.75. The van der Waals surface area contributed by atoms with Gasteiger partial charge in [0.25, 0.3) is 0 Å². The molecule has 1 saturated heterocycles. The summed E-state index contributed by atoms with van der Waals surface area (Å²) in [6.45, 7) is 6.94. The van der Waals surface area contributed by atoms with E-state index in [0.717, 1.165) is 23.3 Å². The number of carbonyl (C=O) groups is 1. The van der Waals surface area contributed by atoms with Gasteiger partial charge in [0.1, 0.15) is 6.04 Å². The smallest absolute Gasteiger partial charge is 0.411 e. The van der Waals surface area contributed by atoms with Crippen molar-refractivity contribution in [2.75, 3.05) is 6.54 Å². The molecule has 0 N–H and O–H groups in total. The number of amides is 1. The molecule has 2 aromatic rings. The van der Waals surface area contributed by atoms with E-state index in [4.69, 9.17) is 4.74 Å². The Morgan fingerprint density at radius 1 is 1.11 bits per heavy atom. The number of thiophene rings is 1. The van der Waals surface area contributed by atoms with Crippen molar-refractivity contribution in [2.45, 2.75) is 45.8 Å². The summed E-state index contributed by atoms with van der Waals surface area (Å²) in [4.78, 5) is 15.6. The van der Waals surface area contributed by atoms with Crippen LogP contribution in [0.25, 0.3) is 0 Å². The Labute approximate surface area is 166 Å². The molecule has 0 spiro atoms. The molecule has 1 aromatic heterocycles. The molecule has 1 aromatic carbocycles. The van der Waals surface area contributed by atoms with Gasteiger partial charge in [-0.25, -0.2) is 4.79 Å². The summed E-state index contributed by atoms with van der Waals surface area (Å²) in [5.74, 6) is 0. The molecule has 3 nitrogen and oxygen atoms in total. The minimum Gasteiger partial charge on any atom is -0.438 e. The highest BCUT2D eigenvalue weighted by Gasteiger charge is 2.43. The molecule has 0 bridgehead atoms. The minimum absolute atomic E-state index is 0.0980. The van der Waals surface area contributed by atoms with Crippen molar-refractivity contribution < 1.29 is 9.53 Å². The predicted molar refractivity (Wildman–Crippen MR) is 112 cm³/mol. The molecular formula is C23H27NO2S. The fourth-order valence-corrected chi connectivity index (χ4v) is 4.10. The molecule has 0 unspecified atom stereocenters. The Balaban J connectivity index is 1.80. The van der Waals surface area contributed by atoms with Crippen LogP contribution in [0.4, 0.5) is 4.79 Å². The van der Waals surface area contributed by atoms with Gasteiger partial charge >= 0.3 is 6.09 Å². The molecule has 4 heteroatoms. The Hall–Kier alpha value is -2.33. The molecule has 142 valence electrons. The van der Waals surface area contributed by atoms with E-state index in [9.17, 15) is 4.79 Å². The SMILES string of the molecule is CC(C)=CCC/C(C)=C/CN1C(=O)O[C@@H](c2cccs2)[C@@H]1c1ccccc1. The van der Waals surface area contributed by atoms with Crippen LogP contribution < -0.4 is 0 Å². The average Bonchev–Trinajstić information content (AvgIpc) is 3.28. The number of cyclic esters (lactones) is 1. The van der Waals surface area contributed by atoms with Gasteiger partial charge in [-0.05, 0) is 50.6 Å². The molecule has 1 aliphatic rings. The van der Waals surface area contributed by atoms with E-state index in [-0.39, 0.29) is 18.2 Å². The van der Waals surface area contributed by atoms with Crippen LogP contribution in [-0.2, 0) is 4.74 Å². The topological polar surface area (TPSA) is 29.5 Å². The molecule has 2 heterocycles. The normalized spacial score (nSPS) is 19.9. The lowest BCUT2D eigenvalue weighted by Gasteiger charge is -2.24. The molecule has 1 aliphatic heterocycles. The second-order valence-electron chi connectivity index (χ2n) is 7.20. The van der Waals surface area contributed by atoms with E-state index in [1.54, 1.807) is 11.3 Å². The Morgan fingerprint density at radius 2 is 1.89 bits per heavy atom. The maximum Gasteiger partial charge on any atom is 0.411 e. The first kappa shape index (κ1) is 19.4. The Morgan fingerprint density at radius 3 is 2.56 bits per heavy atom. The molecule has 1 amide bonds. The number of benzene rings is 1. The Kier molecular flexibility index (Phi) is 6.51. The molecule has 0 aliphatic carbocycles. The maximum atomic E-state index is 12.6. The van der Waals surface area contributed by atoms with Gasteiger partial charge in [0.15, 0.2) is 6.10 Å². The van der Waals surface area contributed by atoms with Crippen molar-refractivity contribution in [3.05, 3.63) is 81.6 Å². The lowest BCUT2D eigenvalue weighted by molar-refractivity contribution is 0.132. The minimum atomic E-state index is -0.251. The van der Waals surface area contributed by atoms with Gasteiger partial charge in [0.2, 0.25) is 0 Å². The van der Waals surface area contributed by atoms with Crippen molar-refractivity contribution in [3.63, 3.8) is 0 Å². The van der Waals surface area contributed by atoms with Gasteiger partial charge in [-0.15, -0.1) is 11.3 Å². The average molecular weight is 382 g/mol. The first-order chi connectivity index (χ1) is 13.1. The molecule has 1 fully saturated rings. The summed E-state index contributed by atoms with van der Waals surface area (Å²) in [7, 11) is 0. The monoisotopic (exact) mass is 381 g/mol. The van der Waals surface area contributed by atoms with Gasteiger partial charge in [-0.3, -0.25) is 4.90 Å². The summed E-state index contributed by atoms with van der Waals surface area (Å²) in [6, 6.07) is 14.1. The van der Waals surface area contributed by atoms with Crippen LogP contribution in [0, 0.1) is 0 Å². The lowest BCUT2D eigenvalue weighted by Crippen LogP contribution is -2.28. The highest BCUT2D eigenvalue weighted by Crippen LogP contribution is 2.44. The number of ether oxygens (including phenoxy) is 1. The third-order valence-corrected chi connectivity index (χ3v) is 5.71. The fraction of sp³-hybridized carbons (Fsp3) is 0.348. The van der Waals surface area contributed by atoms with Crippen LogP contribution >= 0.6 is 11.3 Å². The zero-order valence-corrected chi connectivity index (χ0v) is 17.0. The zero-order valence-electron chi connectivity index (χ0n) is 16.2. The third kappa shape index (κ3) is 4.89. The number of rotatable bonds is 7. The second kappa shape index (κ2) is 9.05. The van der Waals surface area contributed by atoms with E-state index in [0.29, 0.717) is 6.54 Å². The van der Waals surface area contributed by atoms with Crippen molar-refractivity contribution in [1.29, 1.82) is 0 Å². The highest BCUT2D eigenvalue weighted by atomic mass is 32.1. The van der Waals surface area contributed by atoms with E-state index in [1.807, 2.05) is 40.6 Å². The first-order valence-corrected chi connectivity index (χ1v) is 10.3. The first-order valence-electron chi connectivity index (χ1n) is 9.41. The maximum absolute atomic E-state index is 12.6. The van der Waals surface area contributed by atoms with Crippen LogP contribution in [0.1, 0.15) is 56.2 Å². The van der Waals surface area contributed by atoms with E-state index in [1.165, 1.54) is 11.1 Å². The number of carbonyl (C=O) groups excluding carboxylic acids is 1. The van der Waals surface area contributed by atoms with Gasteiger partial charge in [-0.2, -0.15) is 0 Å². The summed E-state index contributed by atoms with van der Waals surface area (Å²) >= 11 is 1.64.